The Kier molecular flexibility index (Phi) is 4.41. The first-order valence-corrected chi connectivity index (χ1v) is 9.24. The lowest BCUT2D eigenvalue weighted by molar-refractivity contribution is 0.572. The molecule has 4 rings (SSSR count). The first-order chi connectivity index (χ1) is 12.9. The zero-order valence-electron chi connectivity index (χ0n) is 15.9. The van der Waals surface area contributed by atoms with Crippen LogP contribution < -0.4 is 9.80 Å². The summed E-state index contributed by atoms with van der Waals surface area (Å²) >= 11 is 0. The van der Waals surface area contributed by atoms with E-state index in [4.69, 9.17) is 5.10 Å². The van der Waals surface area contributed by atoms with Crippen molar-refractivity contribution in [3.63, 3.8) is 0 Å². The standard InChI is InChI=1S/C19H24FN7/c1-19(2,3)15-13-27-16(23-15)5-6-17(24-27)25-7-4-8-26(10-9-25)18-21-11-14(20)12-22-18/h5-6,11-13H,4,7-10H2,1-3H3. The van der Waals surface area contributed by atoms with Crippen LogP contribution >= 0.6 is 0 Å². The Balaban J connectivity index is 1.52. The van der Waals surface area contributed by atoms with Crippen LogP contribution in [-0.2, 0) is 5.41 Å². The van der Waals surface area contributed by atoms with Gasteiger partial charge in [-0.15, -0.1) is 5.10 Å². The summed E-state index contributed by atoms with van der Waals surface area (Å²) in [5.74, 6) is 1.09. The molecule has 0 atom stereocenters. The molecule has 8 heteroatoms. The number of imidazole rings is 1. The molecule has 27 heavy (non-hydrogen) atoms. The number of rotatable bonds is 2. The van der Waals surface area contributed by atoms with E-state index in [1.54, 1.807) is 0 Å². The Bertz CT molecular complexity index is 929. The van der Waals surface area contributed by atoms with Gasteiger partial charge in [-0.1, -0.05) is 20.8 Å². The summed E-state index contributed by atoms with van der Waals surface area (Å²) in [6, 6.07) is 4.04. The molecule has 142 valence electrons. The third-order valence-electron chi connectivity index (χ3n) is 4.78. The highest BCUT2D eigenvalue weighted by Crippen LogP contribution is 2.22. The largest absolute Gasteiger partial charge is 0.353 e. The number of hydrogen-bond acceptors (Lipinski definition) is 6. The smallest absolute Gasteiger partial charge is 0.225 e. The molecule has 1 saturated heterocycles. The van der Waals surface area contributed by atoms with E-state index < -0.39 is 5.82 Å². The molecule has 7 nitrogen and oxygen atoms in total. The van der Waals surface area contributed by atoms with Crippen molar-refractivity contribution >= 4 is 17.4 Å². The van der Waals surface area contributed by atoms with Gasteiger partial charge in [-0.3, -0.25) is 0 Å². The molecule has 1 aliphatic heterocycles. The predicted molar refractivity (Wildman–Crippen MR) is 103 cm³/mol. The van der Waals surface area contributed by atoms with Gasteiger partial charge in [0.05, 0.1) is 24.3 Å². The monoisotopic (exact) mass is 369 g/mol. The first-order valence-electron chi connectivity index (χ1n) is 9.24. The second-order valence-corrected chi connectivity index (χ2v) is 7.90. The minimum absolute atomic E-state index is 0.00781. The summed E-state index contributed by atoms with van der Waals surface area (Å²) in [5.41, 5.74) is 1.88. The van der Waals surface area contributed by atoms with E-state index in [0.29, 0.717) is 5.95 Å². The van der Waals surface area contributed by atoms with Crippen LogP contribution in [0.4, 0.5) is 16.2 Å². The average Bonchev–Trinajstić information content (AvgIpc) is 2.92. The Morgan fingerprint density at radius 2 is 1.67 bits per heavy atom. The summed E-state index contributed by atoms with van der Waals surface area (Å²) in [7, 11) is 0. The van der Waals surface area contributed by atoms with Gasteiger partial charge in [0.1, 0.15) is 5.82 Å². The highest BCUT2D eigenvalue weighted by Gasteiger charge is 2.20. The first kappa shape index (κ1) is 17.6. The van der Waals surface area contributed by atoms with E-state index >= 15 is 0 Å². The molecule has 1 fully saturated rings. The van der Waals surface area contributed by atoms with Gasteiger partial charge in [0, 0.05) is 31.6 Å². The molecule has 0 amide bonds. The Morgan fingerprint density at radius 1 is 0.963 bits per heavy atom. The van der Waals surface area contributed by atoms with Crippen LogP contribution in [0, 0.1) is 5.82 Å². The number of halogens is 1. The van der Waals surface area contributed by atoms with Gasteiger partial charge in [0.2, 0.25) is 5.95 Å². The maximum atomic E-state index is 13.1. The summed E-state index contributed by atoms with van der Waals surface area (Å²) < 4.78 is 14.9. The number of fused-ring (bicyclic) bond motifs is 1. The van der Waals surface area contributed by atoms with E-state index in [-0.39, 0.29) is 5.41 Å². The van der Waals surface area contributed by atoms with E-state index in [1.165, 1.54) is 12.4 Å². The summed E-state index contributed by atoms with van der Waals surface area (Å²) in [6.45, 7) is 9.76. The maximum Gasteiger partial charge on any atom is 0.225 e. The van der Waals surface area contributed by atoms with Gasteiger partial charge in [0.25, 0.3) is 0 Å². The van der Waals surface area contributed by atoms with Crippen LogP contribution in [0.5, 0.6) is 0 Å². The van der Waals surface area contributed by atoms with Crippen LogP contribution in [0.25, 0.3) is 5.65 Å². The molecule has 0 saturated carbocycles. The van der Waals surface area contributed by atoms with Crippen molar-refractivity contribution in [1.29, 1.82) is 0 Å². The van der Waals surface area contributed by atoms with Crippen molar-refractivity contribution in [1.82, 2.24) is 24.6 Å². The molecule has 3 aromatic heterocycles. The van der Waals surface area contributed by atoms with E-state index in [0.717, 1.165) is 49.8 Å². The van der Waals surface area contributed by atoms with Crippen LogP contribution in [0.3, 0.4) is 0 Å². The normalized spacial score (nSPS) is 16.0. The number of hydrogen-bond donors (Lipinski definition) is 0. The zero-order chi connectivity index (χ0) is 19.0. The lowest BCUT2D eigenvalue weighted by Crippen LogP contribution is -2.32. The third kappa shape index (κ3) is 3.70. The molecule has 3 aromatic rings. The molecule has 0 bridgehead atoms. The van der Waals surface area contributed by atoms with E-state index in [1.807, 2.05) is 22.8 Å². The third-order valence-corrected chi connectivity index (χ3v) is 4.78. The van der Waals surface area contributed by atoms with Crippen LogP contribution in [-0.4, -0.2) is 50.7 Å². The maximum absolute atomic E-state index is 13.1. The van der Waals surface area contributed by atoms with Gasteiger partial charge < -0.3 is 9.80 Å². The van der Waals surface area contributed by atoms with Crippen molar-refractivity contribution in [2.24, 2.45) is 0 Å². The van der Waals surface area contributed by atoms with E-state index in [9.17, 15) is 4.39 Å². The van der Waals surface area contributed by atoms with Gasteiger partial charge in [-0.05, 0) is 18.6 Å². The molecule has 0 aromatic carbocycles. The number of anilines is 2. The molecular weight excluding hydrogens is 345 g/mol. The summed E-state index contributed by atoms with van der Waals surface area (Å²) in [5, 5.41) is 4.76. The molecule has 0 spiro atoms. The van der Waals surface area contributed by atoms with E-state index in [2.05, 4.69) is 45.5 Å². The van der Waals surface area contributed by atoms with Gasteiger partial charge >= 0.3 is 0 Å². The zero-order valence-corrected chi connectivity index (χ0v) is 15.9. The van der Waals surface area contributed by atoms with Crippen molar-refractivity contribution < 1.29 is 4.39 Å². The summed E-state index contributed by atoms with van der Waals surface area (Å²) in [4.78, 5) is 17.2. The van der Waals surface area contributed by atoms with Gasteiger partial charge in [0.15, 0.2) is 11.5 Å². The van der Waals surface area contributed by atoms with Crippen LogP contribution in [0.1, 0.15) is 32.9 Å². The highest BCUT2D eigenvalue weighted by atomic mass is 19.1. The van der Waals surface area contributed by atoms with Crippen molar-refractivity contribution in [3.05, 3.63) is 42.2 Å². The Hall–Kier alpha value is -2.77. The van der Waals surface area contributed by atoms with Crippen molar-refractivity contribution in [2.75, 3.05) is 36.0 Å². The molecule has 0 radical (unpaired) electrons. The fourth-order valence-corrected chi connectivity index (χ4v) is 3.22. The molecule has 0 N–H and O–H groups in total. The van der Waals surface area contributed by atoms with Crippen molar-refractivity contribution in [2.45, 2.75) is 32.6 Å². The fourth-order valence-electron chi connectivity index (χ4n) is 3.22. The lowest BCUT2D eigenvalue weighted by atomic mass is 9.93. The minimum Gasteiger partial charge on any atom is -0.353 e. The molecular formula is C19H24FN7. The van der Waals surface area contributed by atoms with Crippen molar-refractivity contribution in [3.8, 4) is 0 Å². The molecule has 1 aliphatic rings. The molecule has 0 aliphatic carbocycles. The number of aromatic nitrogens is 5. The summed E-state index contributed by atoms with van der Waals surface area (Å²) in [6.07, 6.45) is 5.39. The molecule has 0 unspecified atom stereocenters. The van der Waals surface area contributed by atoms with Crippen LogP contribution in [0.15, 0.2) is 30.7 Å². The second-order valence-electron chi connectivity index (χ2n) is 7.90. The minimum atomic E-state index is -0.414. The Labute approximate surface area is 157 Å². The highest BCUT2D eigenvalue weighted by molar-refractivity contribution is 5.48. The second kappa shape index (κ2) is 6.75. The molecule has 4 heterocycles. The average molecular weight is 369 g/mol. The van der Waals surface area contributed by atoms with Gasteiger partial charge in [-0.2, -0.15) is 0 Å². The predicted octanol–water partition coefficient (Wildman–Crippen LogP) is 2.67. The quantitative estimate of drug-likeness (QED) is 0.692. The lowest BCUT2D eigenvalue weighted by Gasteiger charge is -2.22. The fraction of sp³-hybridized carbons (Fsp3) is 0.474. The number of nitrogens with zero attached hydrogens (tertiary/aromatic N) is 7. The Morgan fingerprint density at radius 3 is 2.41 bits per heavy atom. The topological polar surface area (TPSA) is 62.5 Å². The van der Waals surface area contributed by atoms with Crippen LogP contribution in [0.2, 0.25) is 0 Å². The SMILES string of the molecule is CC(C)(C)c1cn2nc(N3CCCN(c4ncc(F)cn4)CC3)ccc2n1. The van der Waals surface area contributed by atoms with Gasteiger partial charge in [-0.25, -0.2) is 23.9 Å².